The predicted octanol–water partition coefficient (Wildman–Crippen LogP) is 6.95. The molecule has 0 saturated carbocycles. The molecular weight excluding hydrogens is 554 g/mol. The first-order valence-corrected chi connectivity index (χ1v) is 15.2. The second-order valence-electron chi connectivity index (χ2n) is 11.4. The monoisotopic (exact) mass is 595 g/mol. The molecule has 1 fully saturated rings. The Hall–Kier alpha value is -3.94. The quantitative estimate of drug-likeness (QED) is 0.172. The van der Waals surface area contributed by atoms with Crippen LogP contribution in [0.4, 0.5) is 11.5 Å². The predicted molar refractivity (Wildman–Crippen MR) is 181 cm³/mol. The number of hydrogen-bond donors (Lipinski definition) is 0. The lowest BCUT2D eigenvalue weighted by Crippen LogP contribution is -2.32. The van der Waals surface area contributed by atoms with E-state index in [0.29, 0.717) is 0 Å². The van der Waals surface area contributed by atoms with Gasteiger partial charge in [-0.15, -0.1) is 12.4 Å². The molecule has 7 nitrogen and oxygen atoms in total. The maximum atomic E-state index is 5.12. The van der Waals surface area contributed by atoms with Crippen molar-refractivity contribution >= 4 is 35.1 Å². The van der Waals surface area contributed by atoms with E-state index in [4.69, 9.17) is 15.0 Å². The third kappa shape index (κ3) is 6.68. The molecule has 0 amide bonds. The average Bonchev–Trinajstić information content (AvgIpc) is 3.27. The number of fused-ring (bicyclic) bond motifs is 1. The highest BCUT2D eigenvalue weighted by Gasteiger charge is 2.21. The number of halogens is 1. The molecule has 3 aromatic carbocycles. The van der Waals surface area contributed by atoms with Gasteiger partial charge >= 0.3 is 0 Å². The van der Waals surface area contributed by atoms with Crippen LogP contribution in [-0.2, 0) is 0 Å². The summed E-state index contributed by atoms with van der Waals surface area (Å²) in [6, 6.07) is 27.4. The van der Waals surface area contributed by atoms with Gasteiger partial charge in [0.1, 0.15) is 12.2 Å². The number of para-hydroxylation sites is 1. The topological polar surface area (TPSA) is 53.3 Å². The number of unbranched alkanes of at least 4 members (excludes halogenated alkanes) is 1. The van der Waals surface area contributed by atoms with Gasteiger partial charge in [0.05, 0.1) is 0 Å². The summed E-state index contributed by atoms with van der Waals surface area (Å²) in [4.78, 5) is 22.0. The van der Waals surface area contributed by atoms with Crippen LogP contribution < -0.4 is 9.80 Å². The lowest BCUT2D eigenvalue weighted by atomic mass is 10.1. The molecule has 0 N–H and O–H groups in total. The highest BCUT2D eigenvalue weighted by Crippen LogP contribution is 2.31. The maximum Gasteiger partial charge on any atom is 0.170 e. The first-order chi connectivity index (χ1) is 20.6. The van der Waals surface area contributed by atoms with Gasteiger partial charge < -0.3 is 14.7 Å². The van der Waals surface area contributed by atoms with E-state index < -0.39 is 0 Å². The smallest absolute Gasteiger partial charge is 0.170 e. The number of aromatic nitrogens is 4. The van der Waals surface area contributed by atoms with Crippen molar-refractivity contribution in [2.45, 2.75) is 33.1 Å². The van der Waals surface area contributed by atoms with E-state index in [2.05, 4.69) is 94.8 Å². The summed E-state index contributed by atoms with van der Waals surface area (Å²) in [7, 11) is 2.12. The van der Waals surface area contributed by atoms with Gasteiger partial charge in [-0.05, 0) is 75.5 Å². The summed E-state index contributed by atoms with van der Waals surface area (Å²) in [6.45, 7) is 11.0. The lowest BCUT2D eigenvalue weighted by molar-refractivity contribution is 0.287. The van der Waals surface area contributed by atoms with Crippen LogP contribution in [0.15, 0.2) is 85.2 Å². The Labute approximate surface area is 261 Å². The molecule has 0 unspecified atom stereocenters. The van der Waals surface area contributed by atoms with Gasteiger partial charge in [0.15, 0.2) is 17.0 Å². The maximum absolute atomic E-state index is 5.12. The van der Waals surface area contributed by atoms with Crippen LogP contribution >= 0.6 is 12.4 Å². The van der Waals surface area contributed by atoms with Crippen LogP contribution in [0.5, 0.6) is 0 Å². The van der Waals surface area contributed by atoms with Crippen LogP contribution in [0.1, 0.15) is 30.4 Å². The number of anilines is 2. The molecule has 1 aliphatic rings. The lowest BCUT2D eigenvalue weighted by Gasteiger charge is -2.26. The molecule has 0 atom stereocenters. The molecular formula is C35H42ClN7. The van der Waals surface area contributed by atoms with Crippen LogP contribution in [0, 0.1) is 13.8 Å². The first kappa shape index (κ1) is 30.5. The summed E-state index contributed by atoms with van der Waals surface area (Å²) in [5, 5.41) is 0. The minimum atomic E-state index is 0. The van der Waals surface area contributed by atoms with Gasteiger partial charge in [-0.1, -0.05) is 60.7 Å². The third-order valence-electron chi connectivity index (χ3n) is 8.56. The SMILES string of the molecule is Cc1cccc(N2CCCN(CCCCN(C)c3ncnc4c3nc(-c3ccccc3)n4-c3ccccc3)CC2)c1C.Cl. The zero-order valence-corrected chi connectivity index (χ0v) is 26.3. The third-order valence-corrected chi connectivity index (χ3v) is 8.56. The molecule has 2 aromatic heterocycles. The van der Waals surface area contributed by atoms with Gasteiger partial charge in [0.2, 0.25) is 0 Å². The Morgan fingerprint density at radius 1 is 0.791 bits per heavy atom. The van der Waals surface area contributed by atoms with Crippen molar-refractivity contribution in [3.05, 3.63) is 96.3 Å². The summed E-state index contributed by atoms with van der Waals surface area (Å²) < 4.78 is 2.14. The van der Waals surface area contributed by atoms with Gasteiger partial charge in [-0.25, -0.2) is 15.0 Å². The van der Waals surface area contributed by atoms with Crippen molar-refractivity contribution in [3.63, 3.8) is 0 Å². The van der Waals surface area contributed by atoms with Crippen molar-refractivity contribution in [1.29, 1.82) is 0 Å². The zero-order chi connectivity index (χ0) is 28.9. The minimum absolute atomic E-state index is 0. The second kappa shape index (κ2) is 14.0. The van der Waals surface area contributed by atoms with Crippen molar-refractivity contribution in [1.82, 2.24) is 24.4 Å². The molecule has 0 spiro atoms. The van der Waals surface area contributed by atoms with Crippen molar-refractivity contribution < 1.29 is 0 Å². The van der Waals surface area contributed by atoms with Gasteiger partial charge in [-0.3, -0.25) is 4.57 Å². The average molecular weight is 596 g/mol. The molecule has 224 valence electrons. The molecule has 8 heteroatoms. The largest absolute Gasteiger partial charge is 0.370 e. The molecule has 0 bridgehead atoms. The van der Waals surface area contributed by atoms with E-state index in [9.17, 15) is 0 Å². The van der Waals surface area contributed by atoms with Crippen LogP contribution in [-0.4, -0.2) is 70.7 Å². The van der Waals surface area contributed by atoms with Crippen molar-refractivity contribution in [2.24, 2.45) is 0 Å². The van der Waals surface area contributed by atoms with Gasteiger partial charge in [0.25, 0.3) is 0 Å². The number of hydrogen-bond acceptors (Lipinski definition) is 6. The molecule has 43 heavy (non-hydrogen) atoms. The number of rotatable bonds is 9. The Kier molecular flexibility index (Phi) is 9.95. The van der Waals surface area contributed by atoms with Crippen LogP contribution in [0.2, 0.25) is 0 Å². The Bertz CT molecular complexity index is 1620. The fraction of sp³-hybridized carbons (Fsp3) is 0.343. The minimum Gasteiger partial charge on any atom is -0.370 e. The molecule has 1 saturated heterocycles. The van der Waals surface area contributed by atoms with Gasteiger partial charge in [-0.2, -0.15) is 0 Å². The van der Waals surface area contributed by atoms with E-state index in [1.807, 2.05) is 24.3 Å². The molecule has 1 aliphatic heterocycles. The summed E-state index contributed by atoms with van der Waals surface area (Å²) >= 11 is 0. The van der Waals surface area contributed by atoms with E-state index in [1.54, 1.807) is 6.33 Å². The first-order valence-electron chi connectivity index (χ1n) is 15.2. The summed E-state index contributed by atoms with van der Waals surface area (Å²) in [5.41, 5.74) is 7.96. The van der Waals surface area contributed by atoms with Crippen molar-refractivity contribution in [2.75, 3.05) is 56.1 Å². The number of benzene rings is 3. The summed E-state index contributed by atoms with van der Waals surface area (Å²) in [6.07, 6.45) is 5.14. The van der Waals surface area contributed by atoms with E-state index >= 15 is 0 Å². The molecule has 0 aliphatic carbocycles. The fourth-order valence-corrected chi connectivity index (χ4v) is 6.07. The molecule has 3 heterocycles. The van der Waals surface area contributed by atoms with E-state index in [1.165, 1.54) is 29.8 Å². The Morgan fingerprint density at radius 3 is 2.35 bits per heavy atom. The van der Waals surface area contributed by atoms with E-state index in [-0.39, 0.29) is 12.4 Å². The molecule has 0 radical (unpaired) electrons. The normalized spacial score (nSPS) is 14.0. The van der Waals surface area contributed by atoms with Crippen LogP contribution in [0.3, 0.4) is 0 Å². The highest BCUT2D eigenvalue weighted by molar-refractivity contribution is 5.88. The standard InChI is InChI=1S/C35H41N7.ClH/c1-27-14-12-19-31(28(27)2)41-23-13-22-40(24-25-41)21-11-10-20-39(3)34-32-35(37-26-36-34)42(30-17-8-5-9-18-30)33(38-32)29-15-6-4-7-16-29;/h4-9,12,14-19,26H,10-11,13,20-25H2,1-3H3;1H. The number of imidazole rings is 1. The number of aryl methyl sites for hydroxylation is 1. The van der Waals surface area contributed by atoms with E-state index in [0.717, 1.165) is 79.6 Å². The van der Waals surface area contributed by atoms with Gasteiger partial charge in [0, 0.05) is 50.2 Å². The molecule has 5 aromatic rings. The zero-order valence-electron chi connectivity index (χ0n) is 25.5. The van der Waals surface area contributed by atoms with Crippen LogP contribution in [0.25, 0.3) is 28.2 Å². The fourth-order valence-electron chi connectivity index (χ4n) is 6.07. The second-order valence-corrected chi connectivity index (χ2v) is 11.4. The summed E-state index contributed by atoms with van der Waals surface area (Å²) in [5.74, 6) is 1.76. The Morgan fingerprint density at radius 2 is 1.56 bits per heavy atom. The van der Waals surface area contributed by atoms with Crippen molar-refractivity contribution in [3.8, 4) is 17.1 Å². The highest BCUT2D eigenvalue weighted by atomic mass is 35.5. The Balaban J connectivity index is 0.00000368. The molecule has 6 rings (SSSR count). The number of nitrogens with zero attached hydrogens (tertiary/aromatic N) is 7.